The number of piperidine rings is 1. The summed E-state index contributed by atoms with van der Waals surface area (Å²) in [4.78, 5) is 36.8. The average Bonchev–Trinajstić information content (AvgIpc) is 3.14. The first-order chi connectivity index (χ1) is 16.4. The number of rotatable bonds is 4. The second kappa shape index (κ2) is 9.15. The van der Waals surface area contributed by atoms with Crippen molar-refractivity contribution in [3.63, 3.8) is 0 Å². The molecule has 9 heteroatoms. The molecular formula is C25H24FN5O2S. The summed E-state index contributed by atoms with van der Waals surface area (Å²) in [5, 5.41) is 2.61. The van der Waals surface area contributed by atoms with Crippen molar-refractivity contribution < 1.29 is 14.0 Å². The van der Waals surface area contributed by atoms with Gasteiger partial charge in [0.05, 0.1) is 21.8 Å². The molecule has 1 aromatic heterocycles. The fraction of sp³-hybridized carbons (Fsp3) is 0.280. The van der Waals surface area contributed by atoms with Crippen molar-refractivity contribution >= 4 is 45.6 Å². The van der Waals surface area contributed by atoms with E-state index >= 15 is 4.39 Å². The Bertz CT molecular complexity index is 1330. The highest BCUT2D eigenvalue weighted by atomic mass is 32.2. The van der Waals surface area contributed by atoms with Gasteiger partial charge in [0.2, 0.25) is 0 Å². The summed E-state index contributed by atoms with van der Waals surface area (Å²) in [7, 11) is 4.13. The number of nitrogens with zero attached hydrogens (tertiary/aromatic N) is 4. The zero-order valence-corrected chi connectivity index (χ0v) is 19.7. The van der Waals surface area contributed by atoms with Crippen LogP contribution in [0.4, 0.5) is 14.9 Å². The van der Waals surface area contributed by atoms with Crippen molar-refractivity contribution in [2.24, 2.45) is 0 Å². The molecule has 1 atom stereocenters. The third kappa shape index (κ3) is 4.41. The molecule has 3 heterocycles. The number of halogens is 1. The Balaban J connectivity index is 1.49. The lowest BCUT2D eigenvalue weighted by atomic mass is 10.0. The molecule has 0 unspecified atom stereocenters. The maximum absolute atomic E-state index is 15.3. The Hall–Kier alpha value is -3.30. The number of hydrogen-bond donors (Lipinski definition) is 1. The van der Waals surface area contributed by atoms with Crippen LogP contribution in [-0.2, 0) is 4.79 Å². The first-order valence-electron chi connectivity index (χ1n) is 11.1. The van der Waals surface area contributed by atoms with Crippen molar-refractivity contribution in [2.75, 3.05) is 32.1 Å². The highest BCUT2D eigenvalue weighted by Crippen LogP contribution is 2.32. The third-order valence-corrected chi connectivity index (χ3v) is 7.10. The third-order valence-electron chi connectivity index (χ3n) is 6.29. The van der Waals surface area contributed by atoms with Gasteiger partial charge in [0.25, 0.3) is 11.1 Å². The number of imide groups is 1. The lowest BCUT2D eigenvalue weighted by molar-refractivity contribution is -0.115. The Morgan fingerprint density at radius 3 is 2.76 bits per heavy atom. The average molecular weight is 478 g/mol. The number of aromatic nitrogens is 2. The van der Waals surface area contributed by atoms with Crippen LogP contribution in [0, 0.1) is 5.82 Å². The lowest BCUT2D eigenvalue weighted by Gasteiger charge is -2.37. The van der Waals surface area contributed by atoms with E-state index in [9.17, 15) is 9.59 Å². The summed E-state index contributed by atoms with van der Waals surface area (Å²) < 4.78 is 15.3. The van der Waals surface area contributed by atoms with Crippen molar-refractivity contribution in [1.82, 2.24) is 20.2 Å². The molecule has 0 radical (unpaired) electrons. The van der Waals surface area contributed by atoms with Crippen LogP contribution in [0.3, 0.4) is 0 Å². The number of carbonyl (C=O) groups excluding carboxylic acids is 2. The zero-order valence-electron chi connectivity index (χ0n) is 18.9. The van der Waals surface area contributed by atoms with Gasteiger partial charge in [-0.05, 0) is 74.6 Å². The van der Waals surface area contributed by atoms with Gasteiger partial charge in [-0.1, -0.05) is 12.1 Å². The molecule has 34 heavy (non-hydrogen) atoms. The fourth-order valence-corrected chi connectivity index (χ4v) is 5.15. The smallest absolute Gasteiger partial charge is 0.290 e. The molecule has 2 fully saturated rings. The molecule has 2 amide bonds. The van der Waals surface area contributed by atoms with E-state index in [1.807, 2.05) is 30.3 Å². The minimum Gasteiger partial charge on any atom is -0.368 e. The van der Waals surface area contributed by atoms with Crippen LogP contribution in [0.2, 0.25) is 0 Å². The van der Waals surface area contributed by atoms with E-state index < -0.39 is 5.91 Å². The Morgan fingerprint density at radius 1 is 1.18 bits per heavy atom. The summed E-state index contributed by atoms with van der Waals surface area (Å²) in [6, 6.07) is 11.2. The van der Waals surface area contributed by atoms with Crippen molar-refractivity contribution in [2.45, 2.75) is 18.9 Å². The highest BCUT2D eigenvalue weighted by molar-refractivity contribution is 8.18. The van der Waals surface area contributed by atoms with Gasteiger partial charge < -0.3 is 9.80 Å². The Labute approximate surface area is 201 Å². The van der Waals surface area contributed by atoms with Crippen molar-refractivity contribution in [3.05, 3.63) is 59.0 Å². The second-order valence-corrected chi connectivity index (χ2v) is 9.74. The van der Waals surface area contributed by atoms with Gasteiger partial charge in [-0.3, -0.25) is 14.9 Å². The van der Waals surface area contributed by atoms with Crippen molar-refractivity contribution in [3.8, 4) is 11.3 Å². The van der Waals surface area contributed by atoms with Crippen LogP contribution in [-0.4, -0.2) is 59.2 Å². The first kappa shape index (κ1) is 22.5. The molecule has 0 saturated carbocycles. The maximum Gasteiger partial charge on any atom is 0.290 e. The fourth-order valence-electron chi connectivity index (χ4n) is 4.47. The molecule has 0 spiro atoms. The number of carbonyl (C=O) groups is 2. The van der Waals surface area contributed by atoms with Gasteiger partial charge in [-0.25, -0.2) is 14.4 Å². The molecule has 1 N–H and O–H groups in total. The van der Waals surface area contributed by atoms with Crippen LogP contribution in [0.15, 0.2) is 47.6 Å². The number of amides is 2. The number of likely N-dealkylation sites (N-methyl/N-ethyl adjacent to an activating group) is 1. The van der Waals surface area contributed by atoms with E-state index in [1.165, 1.54) is 12.4 Å². The number of anilines is 1. The van der Waals surface area contributed by atoms with E-state index in [-0.39, 0.29) is 11.1 Å². The molecule has 2 aromatic carbocycles. The second-order valence-electron chi connectivity index (χ2n) is 8.72. The van der Waals surface area contributed by atoms with E-state index in [2.05, 4.69) is 39.2 Å². The lowest BCUT2D eigenvalue weighted by Crippen LogP contribution is -2.45. The predicted molar refractivity (Wildman–Crippen MR) is 133 cm³/mol. The maximum atomic E-state index is 15.3. The number of hydrogen-bond acceptors (Lipinski definition) is 7. The number of fused-ring (bicyclic) bond motifs is 1. The van der Waals surface area contributed by atoms with Crippen LogP contribution in [0.5, 0.6) is 0 Å². The molecule has 7 nitrogen and oxygen atoms in total. The van der Waals surface area contributed by atoms with Gasteiger partial charge in [0.1, 0.15) is 12.1 Å². The normalized spacial score (nSPS) is 19.9. The van der Waals surface area contributed by atoms with Crippen LogP contribution < -0.4 is 10.2 Å². The summed E-state index contributed by atoms with van der Waals surface area (Å²) in [6.45, 7) is 1.63. The molecule has 3 aromatic rings. The summed E-state index contributed by atoms with van der Waals surface area (Å²) in [5.74, 6) is -0.689. The highest BCUT2D eigenvalue weighted by Gasteiger charge is 2.25. The Morgan fingerprint density at radius 2 is 2.03 bits per heavy atom. The largest absolute Gasteiger partial charge is 0.368 e. The monoisotopic (exact) mass is 477 g/mol. The minimum atomic E-state index is -0.411. The number of thioether (sulfide) groups is 1. The van der Waals surface area contributed by atoms with Crippen LogP contribution in [0.25, 0.3) is 28.2 Å². The zero-order chi connectivity index (χ0) is 23.8. The van der Waals surface area contributed by atoms with E-state index in [4.69, 9.17) is 0 Å². The number of benzene rings is 2. The van der Waals surface area contributed by atoms with Gasteiger partial charge in [0, 0.05) is 30.1 Å². The molecule has 0 bridgehead atoms. The predicted octanol–water partition coefficient (Wildman–Crippen LogP) is 4.29. The molecular weight excluding hydrogens is 453 g/mol. The molecule has 2 saturated heterocycles. The van der Waals surface area contributed by atoms with Crippen molar-refractivity contribution in [1.29, 1.82) is 0 Å². The number of nitrogens with one attached hydrogen (secondary N) is 1. The van der Waals surface area contributed by atoms with Crippen LogP contribution >= 0.6 is 11.8 Å². The van der Waals surface area contributed by atoms with Crippen LogP contribution in [0.1, 0.15) is 18.4 Å². The van der Waals surface area contributed by atoms with E-state index in [0.29, 0.717) is 33.4 Å². The SMILES string of the molecule is CN(C)[C@@H]1CCCN(c2ccc(-c3ncnc4ccc(C=C5SC(=O)NC5=O)cc34)cc2F)C1. The standard InChI is InChI=1S/C25H24FN5O2S/c1-30(2)17-4-3-9-31(13-17)21-8-6-16(12-19(21)26)23-18-10-15(5-7-20(18)27-14-28-23)11-22-24(32)29-25(33)34-22/h5-8,10-12,14,17H,3-4,9,13H2,1-2H3,(H,29,32,33)/t17-/m1/s1. The van der Waals surface area contributed by atoms with Gasteiger partial charge in [-0.15, -0.1) is 0 Å². The summed E-state index contributed by atoms with van der Waals surface area (Å²) >= 11 is 0.866. The molecule has 5 rings (SSSR count). The van der Waals surface area contributed by atoms with Gasteiger partial charge >= 0.3 is 0 Å². The quantitative estimate of drug-likeness (QED) is 0.562. The molecule has 174 valence electrons. The summed E-state index contributed by atoms with van der Waals surface area (Å²) in [6.07, 6.45) is 5.26. The Kier molecular flexibility index (Phi) is 6.05. The first-order valence-corrected chi connectivity index (χ1v) is 11.9. The van der Waals surface area contributed by atoms with Gasteiger partial charge in [0.15, 0.2) is 0 Å². The topological polar surface area (TPSA) is 78.4 Å². The summed E-state index contributed by atoms with van der Waals surface area (Å²) in [5.41, 5.74) is 3.31. The van der Waals surface area contributed by atoms with E-state index in [1.54, 1.807) is 6.08 Å². The molecule has 2 aliphatic rings. The molecule has 0 aliphatic carbocycles. The minimum absolute atomic E-state index is 0.278. The van der Waals surface area contributed by atoms with Gasteiger partial charge in [-0.2, -0.15) is 0 Å². The van der Waals surface area contributed by atoms with E-state index in [0.717, 1.165) is 48.6 Å². The molecule has 2 aliphatic heterocycles.